The summed E-state index contributed by atoms with van der Waals surface area (Å²) in [7, 11) is 0. The van der Waals surface area contributed by atoms with E-state index in [4.69, 9.17) is 0 Å². The van der Waals surface area contributed by atoms with E-state index in [0.717, 1.165) is 6.42 Å². The molecule has 4 aromatic rings. The molecule has 207 valence electrons. The molecule has 1 aliphatic rings. The molecule has 0 unspecified atom stereocenters. The first-order chi connectivity index (χ1) is 19.2. The Bertz CT molecular complexity index is 1500. The van der Waals surface area contributed by atoms with Crippen molar-refractivity contribution in [3.63, 3.8) is 0 Å². The third-order valence-corrected chi connectivity index (χ3v) is 13.9. The van der Waals surface area contributed by atoms with Gasteiger partial charge in [0.1, 0.15) is 0 Å². The summed E-state index contributed by atoms with van der Waals surface area (Å²) in [5.74, 6) is 0. The van der Waals surface area contributed by atoms with Crippen molar-refractivity contribution in [2.24, 2.45) is 0 Å². The molecule has 0 saturated carbocycles. The zero-order chi connectivity index (χ0) is 28.6. The molecule has 0 saturated heterocycles. The maximum absolute atomic E-state index is 2.67. The number of hydrogen-bond donors (Lipinski definition) is 0. The summed E-state index contributed by atoms with van der Waals surface area (Å²) >= 11 is -1.44. The summed E-state index contributed by atoms with van der Waals surface area (Å²) in [6.45, 7) is 18.3. The van der Waals surface area contributed by atoms with Gasteiger partial charge in [-0.3, -0.25) is 0 Å². The van der Waals surface area contributed by atoms with Gasteiger partial charge in [-0.2, -0.15) is 0 Å². The maximum atomic E-state index is 2.67. The fourth-order valence-corrected chi connectivity index (χ4v) is 12.6. The summed E-state index contributed by atoms with van der Waals surface area (Å²) in [6, 6.07) is 22.0. The zero-order valence-electron chi connectivity index (χ0n) is 26.1. The molecular formula is C39H47Ti. The van der Waals surface area contributed by atoms with Crippen LogP contribution in [-0.2, 0) is 24.3 Å². The van der Waals surface area contributed by atoms with E-state index in [9.17, 15) is 0 Å². The van der Waals surface area contributed by atoms with E-state index in [1.807, 2.05) is 0 Å². The molecule has 4 aromatic carbocycles. The van der Waals surface area contributed by atoms with Crippen LogP contribution in [0.1, 0.15) is 84.0 Å². The number of rotatable bonds is 9. The molecule has 0 fully saturated rings. The van der Waals surface area contributed by atoms with Crippen molar-refractivity contribution in [3.8, 4) is 33.4 Å². The third kappa shape index (κ3) is 5.68. The van der Waals surface area contributed by atoms with Gasteiger partial charge in [0.15, 0.2) is 0 Å². The minimum atomic E-state index is -1.44. The van der Waals surface area contributed by atoms with Gasteiger partial charge in [-0.15, -0.1) is 0 Å². The Kier molecular flexibility index (Phi) is 8.89. The topological polar surface area (TPSA) is 0 Å². The molecule has 0 aliphatic heterocycles. The van der Waals surface area contributed by atoms with Crippen molar-refractivity contribution < 1.29 is 17.9 Å². The van der Waals surface area contributed by atoms with Crippen LogP contribution in [0.4, 0.5) is 0 Å². The van der Waals surface area contributed by atoms with E-state index in [2.05, 4.69) is 110 Å². The summed E-state index contributed by atoms with van der Waals surface area (Å²) in [5, 5.41) is 0. The van der Waals surface area contributed by atoms with Crippen LogP contribution in [0.15, 0.2) is 54.6 Å². The van der Waals surface area contributed by atoms with Gasteiger partial charge in [0.2, 0.25) is 0 Å². The van der Waals surface area contributed by atoms with Crippen LogP contribution in [0.3, 0.4) is 0 Å². The Morgan fingerprint density at radius 1 is 0.575 bits per heavy atom. The number of aryl methyl sites for hydroxylation is 6. The van der Waals surface area contributed by atoms with E-state index in [1.165, 1.54) is 107 Å². The number of hydrogen-bond acceptors (Lipinski definition) is 0. The van der Waals surface area contributed by atoms with Crippen LogP contribution in [0.25, 0.3) is 33.4 Å². The Hall–Kier alpha value is -2.41. The van der Waals surface area contributed by atoms with Crippen molar-refractivity contribution in [1.29, 1.82) is 0 Å². The Morgan fingerprint density at radius 2 is 1.07 bits per heavy atom. The Labute approximate surface area is 250 Å². The molecule has 0 radical (unpaired) electrons. The second-order valence-corrected chi connectivity index (χ2v) is 16.7. The van der Waals surface area contributed by atoms with Crippen molar-refractivity contribution in [3.05, 3.63) is 99.1 Å². The first-order valence-corrected chi connectivity index (χ1v) is 18.5. The molecule has 0 N–H and O–H groups in total. The van der Waals surface area contributed by atoms with Gasteiger partial charge >= 0.3 is 251 Å². The van der Waals surface area contributed by atoms with Crippen LogP contribution in [0.5, 0.6) is 0 Å². The third-order valence-electron chi connectivity index (χ3n) is 8.99. The molecule has 0 heterocycles. The first kappa shape index (κ1) is 29.1. The molecule has 1 aliphatic carbocycles. The van der Waals surface area contributed by atoms with Gasteiger partial charge in [-0.05, 0) is 0 Å². The Balaban J connectivity index is 1.73. The monoisotopic (exact) mass is 563 g/mol. The standard InChI is InChI=1S/C31H29.2C4H9.Ti/c1-18-11-20(3)30(21(4)12-18)26-9-7-24-15-25-8-10-27(17-29(25)28(24)16-26)31-22(5)13-19(2)14-23(31)6;2*1-3-4-2;/h7,9-14,16-17H,15H2,1-6H3;2*1,3-4H2,2H3;. The summed E-state index contributed by atoms with van der Waals surface area (Å²) in [4.78, 5) is 0. The van der Waals surface area contributed by atoms with Crippen molar-refractivity contribution in [2.75, 3.05) is 0 Å². The average Bonchev–Trinajstić information content (AvgIpc) is 3.25. The first-order valence-electron chi connectivity index (χ1n) is 15.5. The van der Waals surface area contributed by atoms with Crippen LogP contribution < -0.4 is 3.87 Å². The zero-order valence-corrected chi connectivity index (χ0v) is 27.7. The molecule has 0 atom stereocenters. The van der Waals surface area contributed by atoms with Crippen LogP contribution >= 0.6 is 0 Å². The molecule has 0 nitrogen and oxygen atoms in total. The van der Waals surface area contributed by atoms with E-state index in [-0.39, 0.29) is 0 Å². The molecule has 0 spiro atoms. The van der Waals surface area contributed by atoms with E-state index in [0.29, 0.717) is 0 Å². The fourth-order valence-electron chi connectivity index (χ4n) is 7.34. The van der Waals surface area contributed by atoms with Crippen LogP contribution in [0.2, 0.25) is 9.45 Å². The summed E-state index contributed by atoms with van der Waals surface area (Å²) < 4.78 is 4.71. The number of fused-ring (bicyclic) bond motifs is 3. The average molecular weight is 564 g/mol. The van der Waals surface area contributed by atoms with Crippen molar-refractivity contribution in [1.82, 2.24) is 0 Å². The van der Waals surface area contributed by atoms with Gasteiger partial charge in [-0.25, -0.2) is 0 Å². The molecule has 0 amide bonds. The Morgan fingerprint density at radius 3 is 1.60 bits per heavy atom. The predicted molar refractivity (Wildman–Crippen MR) is 173 cm³/mol. The molecule has 0 aromatic heterocycles. The van der Waals surface area contributed by atoms with Gasteiger partial charge in [0.25, 0.3) is 0 Å². The van der Waals surface area contributed by atoms with Gasteiger partial charge in [-0.1, -0.05) is 0 Å². The molecule has 40 heavy (non-hydrogen) atoms. The van der Waals surface area contributed by atoms with E-state index < -0.39 is 17.9 Å². The van der Waals surface area contributed by atoms with Crippen molar-refractivity contribution >= 4 is 3.87 Å². The number of unbranched alkanes of at least 4 members (excludes halogenated alkanes) is 2. The summed E-state index contributed by atoms with van der Waals surface area (Å²) in [6.07, 6.45) is 6.47. The van der Waals surface area contributed by atoms with Gasteiger partial charge in [0, 0.05) is 0 Å². The summed E-state index contributed by atoms with van der Waals surface area (Å²) in [5.41, 5.74) is 20.1. The second kappa shape index (κ2) is 12.2. The number of benzene rings is 4. The molecule has 5 rings (SSSR count). The normalized spacial score (nSPS) is 12.0. The second-order valence-electron chi connectivity index (χ2n) is 12.5. The predicted octanol–water partition coefficient (Wildman–Crippen LogP) is 11.1. The van der Waals surface area contributed by atoms with Gasteiger partial charge < -0.3 is 0 Å². The fraction of sp³-hybridized carbons (Fsp3) is 0.385. The molecular weight excluding hydrogens is 516 g/mol. The van der Waals surface area contributed by atoms with E-state index in [1.54, 1.807) is 9.43 Å². The molecule has 0 bridgehead atoms. The van der Waals surface area contributed by atoms with Crippen LogP contribution in [-0.4, -0.2) is 0 Å². The van der Waals surface area contributed by atoms with Gasteiger partial charge in [0.05, 0.1) is 0 Å². The van der Waals surface area contributed by atoms with Crippen LogP contribution in [0, 0.1) is 41.5 Å². The van der Waals surface area contributed by atoms with Crippen molar-refractivity contribution in [2.45, 2.75) is 96.9 Å². The minimum absolute atomic E-state index is 1.10. The SMILES string of the molecule is CCC[CH2][Ti]([CH2]CCC)[c]1cc(-c2c(C)cc(C)cc2C)cc2c1Cc1ccc(-c3c(C)cc(C)cc3C)cc1-2. The molecule has 1 heteroatoms. The quantitative estimate of drug-likeness (QED) is 0.157. The van der Waals surface area contributed by atoms with E-state index >= 15 is 0 Å².